The predicted octanol–water partition coefficient (Wildman–Crippen LogP) is 1.89. The Bertz CT molecular complexity index is 958. The Morgan fingerprint density at radius 1 is 1.10 bits per heavy atom. The minimum atomic E-state index is -3.46. The van der Waals surface area contributed by atoms with Gasteiger partial charge in [0.1, 0.15) is 11.5 Å². The maximum Gasteiger partial charge on any atom is 0.257 e. The number of ether oxygens (including phenoxy) is 2. The molecule has 0 spiro atoms. The van der Waals surface area contributed by atoms with Crippen molar-refractivity contribution in [2.75, 3.05) is 32.6 Å². The second-order valence-electron chi connectivity index (χ2n) is 6.99. The molecule has 0 aromatic heterocycles. The molecule has 0 radical (unpaired) electrons. The zero-order chi connectivity index (χ0) is 20.9. The van der Waals surface area contributed by atoms with Gasteiger partial charge in [-0.1, -0.05) is 23.8 Å². The fraction of sp³-hybridized carbons (Fsp3) is 0.381. The fourth-order valence-electron chi connectivity index (χ4n) is 3.15. The van der Waals surface area contributed by atoms with Gasteiger partial charge in [-0.05, 0) is 48.7 Å². The Morgan fingerprint density at radius 2 is 1.83 bits per heavy atom. The number of nitrogens with one attached hydrogen (secondary N) is 1. The average Bonchev–Trinajstić information content (AvgIpc) is 2.72. The Morgan fingerprint density at radius 3 is 2.55 bits per heavy atom. The fourth-order valence-corrected chi connectivity index (χ4v) is 4.47. The Kier molecular flexibility index (Phi) is 6.76. The number of hydrogen-bond donors (Lipinski definition) is 1. The molecule has 1 aliphatic heterocycles. The van der Waals surface area contributed by atoms with E-state index < -0.39 is 10.0 Å². The van der Waals surface area contributed by atoms with Crippen LogP contribution in [0.25, 0.3) is 0 Å². The standard InChI is InChI=1S/C21H26N2O5S/c1-16-3-6-19(7-4-16)28-15-21(24)22-10-12-29(25,26)23-11-9-17-13-20(27-2)8-5-18(17)14-23/h3-8,13H,9-12,14-15H2,1-2H3,(H,22,24). The Balaban J connectivity index is 1.46. The average molecular weight is 419 g/mol. The van der Waals surface area contributed by atoms with E-state index in [9.17, 15) is 13.2 Å². The first kappa shape index (κ1) is 21.1. The molecule has 2 aromatic rings. The summed E-state index contributed by atoms with van der Waals surface area (Å²) in [6.45, 7) is 2.63. The first-order valence-corrected chi connectivity index (χ1v) is 11.1. The van der Waals surface area contributed by atoms with Crippen molar-refractivity contribution in [2.24, 2.45) is 0 Å². The first-order valence-electron chi connectivity index (χ1n) is 9.47. The number of amides is 1. The maximum absolute atomic E-state index is 12.6. The van der Waals surface area contributed by atoms with Crippen LogP contribution in [0, 0.1) is 6.92 Å². The SMILES string of the molecule is COc1ccc2c(c1)CCN(S(=O)(=O)CCNC(=O)COc1ccc(C)cc1)C2. The van der Waals surface area contributed by atoms with Crippen LogP contribution < -0.4 is 14.8 Å². The van der Waals surface area contributed by atoms with Crippen molar-refractivity contribution in [2.45, 2.75) is 19.9 Å². The highest BCUT2D eigenvalue weighted by molar-refractivity contribution is 7.89. The molecule has 29 heavy (non-hydrogen) atoms. The van der Waals surface area contributed by atoms with E-state index >= 15 is 0 Å². The van der Waals surface area contributed by atoms with Gasteiger partial charge in [-0.3, -0.25) is 4.79 Å². The third-order valence-electron chi connectivity index (χ3n) is 4.86. The number of rotatable bonds is 8. The van der Waals surface area contributed by atoms with E-state index in [1.807, 2.05) is 37.3 Å². The number of methoxy groups -OCH3 is 1. The highest BCUT2D eigenvalue weighted by atomic mass is 32.2. The smallest absolute Gasteiger partial charge is 0.257 e. The number of benzene rings is 2. The van der Waals surface area contributed by atoms with Crippen LogP contribution in [0.15, 0.2) is 42.5 Å². The van der Waals surface area contributed by atoms with Gasteiger partial charge >= 0.3 is 0 Å². The molecule has 1 N–H and O–H groups in total. The van der Waals surface area contributed by atoms with Crippen molar-refractivity contribution in [3.63, 3.8) is 0 Å². The van der Waals surface area contributed by atoms with Crippen LogP contribution in [-0.2, 0) is 27.8 Å². The minimum absolute atomic E-state index is 0.0460. The predicted molar refractivity (Wildman–Crippen MR) is 111 cm³/mol. The number of aryl methyl sites for hydroxylation is 1. The van der Waals surface area contributed by atoms with Gasteiger partial charge in [-0.25, -0.2) is 8.42 Å². The van der Waals surface area contributed by atoms with E-state index in [0.717, 1.165) is 22.4 Å². The number of nitrogens with zero attached hydrogens (tertiary/aromatic N) is 1. The number of sulfonamides is 1. The lowest BCUT2D eigenvalue weighted by molar-refractivity contribution is -0.122. The maximum atomic E-state index is 12.6. The number of carbonyl (C=O) groups excluding carboxylic acids is 1. The molecule has 0 atom stereocenters. The van der Waals surface area contributed by atoms with E-state index in [2.05, 4.69) is 5.32 Å². The third-order valence-corrected chi connectivity index (χ3v) is 6.68. The van der Waals surface area contributed by atoms with Gasteiger partial charge in [0.25, 0.3) is 5.91 Å². The van der Waals surface area contributed by atoms with Crippen molar-refractivity contribution in [3.05, 3.63) is 59.2 Å². The van der Waals surface area contributed by atoms with Crippen LogP contribution >= 0.6 is 0 Å². The lowest BCUT2D eigenvalue weighted by Gasteiger charge is -2.28. The quantitative estimate of drug-likeness (QED) is 0.708. The summed E-state index contributed by atoms with van der Waals surface area (Å²) in [6, 6.07) is 13.1. The van der Waals surface area contributed by atoms with Crippen molar-refractivity contribution in [1.29, 1.82) is 0 Å². The zero-order valence-corrected chi connectivity index (χ0v) is 17.5. The van der Waals surface area contributed by atoms with Crippen LogP contribution in [0.1, 0.15) is 16.7 Å². The third kappa shape index (κ3) is 5.71. The van der Waals surface area contributed by atoms with E-state index in [-0.39, 0.29) is 24.8 Å². The summed E-state index contributed by atoms with van der Waals surface area (Å²) < 4.78 is 37.3. The summed E-state index contributed by atoms with van der Waals surface area (Å²) in [5.74, 6) is 0.879. The van der Waals surface area contributed by atoms with Crippen molar-refractivity contribution >= 4 is 15.9 Å². The molecule has 0 saturated heterocycles. The lowest BCUT2D eigenvalue weighted by Crippen LogP contribution is -2.41. The summed E-state index contributed by atoms with van der Waals surface area (Å²) in [7, 11) is -1.85. The van der Waals surface area contributed by atoms with Crippen molar-refractivity contribution < 1.29 is 22.7 Å². The summed E-state index contributed by atoms with van der Waals surface area (Å²) in [6.07, 6.45) is 0.641. The topological polar surface area (TPSA) is 84.9 Å². The number of fused-ring (bicyclic) bond motifs is 1. The van der Waals surface area contributed by atoms with E-state index in [1.54, 1.807) is 19.2 Å². The number of hydrogen-bond acceptors (Lipinski definition) is 5. The van der Waals surface area contributed by atoms with Crippen LogP contribution in [0.2, 0.25) is 0 Å². The normalized spacial score (nSPS) is 14.1. The molecule has 0 bridgehead atoms. The van der Waals surface area contributed by atoms with Gasteiger partial charge in [-0.2, -0.15) is 4.31 Å². The van der Waals surface area contributed by atoms with Gasteiger partial charge in [0.05, 0.1) is 12.9 Å². The summed E-state index contributed by atoms with van der Waals surface area (Å²) in [5, 5.41) is 2.61. The van der Waals surface area contributed by atoms with Crippen molar-refractivity contribution in [3.8, 4) is 11.5 Å². The molecule has 0 aliphatic carbocycles. The number of carbonyl (C=O) groups is 1. The molecule has 1 aliphatic rings. The molecule has 156 valence electrons. The first-order chi connectivity index (χ1) is 13.9. The molecular formula is C21H26N2O5S. The van der Waals surface area contributed by atoms with Crippen LogP contribution in [0.3, 0.4) is 0 Å². The van der Waals surface area contributed by atoms with E-state index in [1.165, 1.54) is 4.31 Å². The van der Waals surface area contributed by atoms with E-state index in [0.29, 0.717) is 25.3 Å². The van der Waals surface area contributed by atoms with Crippen LogP contribution in [0.5, 0.6) is 11.5 Å². The monoisotopic (exact) mass is 418 g/mol. The van der Waals surface area contributed by atoms with Gasteiger partial charge < -0.3 is 14.8 Å². The highest BCUT2D eigenvalue weighted by Crippen LogP contribution is 2.25. The lowest BCUT2D eigenvalue weighted by atomic mass is 10.0. The van der Waals surface area contributed by atoms with Crippen LogP contribution in [-0.4, -0.2) is 51.2 Å². The second-order valence-corrected chi connectivity index (χ2v) is 9.07. The molecule has 8 heteroatoms. The zero-order valence-electron chi connectivity index (χ0n) is 16.7. The van der Waals surface area contributed by atoms with Crippen molar-refractivity contribution in [1.82, 2.24) is 9.62 Å². The summed E-state index contributed by atoms with van der Waals surface area (Å²) in [4.78, 5) is 11.9. The van der Waals surface area contributed by atoms with Gasteiger partial charge in [-0.15, -0.1) is 0 Å². The molecule has 0 unspecified atom stereocenters. The van der Waals surface area contributed by atoms with Gasteiger partial charge in [0.15, 0.2) is 6.61 Å². The van der Waals surface area contributed by atoms with Gasteiger partial charge in [0, 0.05) is 19.6 Å². The van der Waals surface area contributed by atoms with Gasteiger partial charge in [0.2, 0.25) is 10.0 Å². The molecular weight excluding hydrogens is 392 g/mol. The summed E-state index contributed by atoms with van der Waals surface area (Å²) in [5.41, 5.74) is 3.19. The minimum Gasteiger partial charge on any atom is -0.497 e. The van der Waals surface area contributed by atoms with E-state index in [4.69, 9.17) is 9.47 Å². The highest BCUT2D eigenvalue weighted by Gasteiger charge is 2.26. The Labute approximate surface area is 171 Å². The molecule has 0 fully saturated rings. The largest absolute Gasteiger partial charge is 0.497 e. The Hall–Kier alpha value is -2.58. The molecule has 2 aromatic carbocycles. The molecule has 3 rings (SSSR count). The molecule has 0 saturated carbocycles. The summed E-state index contributed by atoms with van der Waals surface area (Å²) >= 11 is 0. The van der Waals surface area contributed by atoms with Crippen LogP contribution in [0.4, 0.5) is 0 Å². The molecule has 7 nitrogen and oxygen atoms in total. The molecule has 1 heterocycles. The second kappa shape index (κ2) is 9.28. The molecule has 1 amide bonds.